The van der Waals surface area contributed by atoms with E-state index in [2.05, 4.69) is 64.2 Å². The zero-order valence-corrected chi connectivity index (χ0v) is 12.5. The van der Waals surface area contributed by atoms with Crippen molar-refractivity contribution < 1.29 is 4.74 Å². The molecular weight excluding hydrogens is 302 g/mol. The number of fused-ring (bicyclic) bond motifs is 1. The minimum atomic E-state index is 0.745. The summed E-state index contributed by atoms with van der Waals surface area (Å²) < 4.78 is 6.78. The number of anilines is 1. The first kappa shape index (κ1) is 12.5. The molecule has 0 saturated carbocycles. The number of benzene rings is 2. The highest BCUT2D eigenvalue weighted by molar-refractivity contribution is 9.10. The molecule has 3 rings (SSSR count). The predicted molar refractivity (Wildman–Crippen MR) is 81.9 cm³/mol. The van der Waals surface area contributed by atoms with Gasteiger partial charge in [-0.2, -0.15) is 0 Å². The minimum Gasteiger partial charge on any atom is -0.490 e. The third-order valence-corrected chi connectivity index (χ3v) is 3.83. The van der Waals surface area contributed by atoms with Gasteiger partial charge >= 0.3 is 0 Å². The zero-order chi connectivity index (χ0) is 13.2. The van der Waals surface area contributed by atoms with Crippen LogP contribution in [0.15, 0.2) is 46.9 Å². The van der Waals surface area contributed by atoms with Gasteiger partial charge in [0, 0.05) is 11.0 Å². The zero-order valence-electron chi connectivity index (χ0n) is 10.9. The van der Waals surface area contributed by atoms with Crippen LogP contribution in [0.1, 0.15) is 11.1 Å². The number of aryl methyl sites for hydroxylation is 1. The van der Waals surface area contributed by atoms with Gasteiger partial charge in [-0.1, -0.05) is 45.8 Å². The van der Waals surface area contributed by atoms with Crippen LogP contribution in [0.4, 0.5) is 5.69 Å². The van der Waals surface area contributed by atoms with Gasteiger partial charge in [-0.3, -0.25) is 0 Å². The van der Waals surface area contributed by atoms with Gasteiger partial charge in [0.2, 0.25) is 0 Å². The Labute approximate surface area is 122 Å². The Hall–Kier alpha value is -1.48. The van der Waals surface area contributed by atoms with Crippen LogP contribution in [0.5, 0.6) is 5.75 Å². The summed E-state index contributed by atoms with van der Waals surface area (Å²) in [6.45, 7) is 4.74. The first-order valence-electron chi connectivity index (χ1n) is 6.45. The number of hydrogen-bond donors (Lipinski definition) is 0. The van der Waals surface area contributed by atoms with E-state index < -0.39 is 0 Å². The molecule has 0 atom stereocenters. The maximum Gasteiger partial charge on any atom is 0.143 e. The number of nitrogens with zero attached hydrogens (tertiary/aromatic N) is 1. The Balaban J connectivity index is 1.87. The number of rotatable bonds is 2. The van der Waals surface area contributed by atoms with Gasteiger partial charge in [0.05, 0.1) is 12.2 Å². The molecule has 19 heavy (non-hydrogen) atoms. The second-order valence-electron chi connectivity index (χ2n) is 4.87. The van der Waals surface area contributed by atoms with Crippen LogP contribution in [0.25, 0.3) is 0 Å². The average Bonchev–Trinajstić information content (AvgIpc) is 2.38. The number of ether oxygens (including phenoxy) is 1. The van der Waals surface area contributed by atoms with Crippen LogP contribution in [-0.2, 0) is 6.54 Å². The molecule has 0 N–H and O–H groups in total. The maximum atomic E-state index is 5.72. The van der Waals surface area contributed by atoms with Gasteiger partial charge in [-0.05, 0) is 30.7 Å². The third kappa shape index (κ3) is 2.76. The van der Waals surface area contributed by atoms with E-state index in [0.717, 1.165) is 29.9 Å². The van der Waals surface area contributed by atoms with Crippen LogP contribution in [0, 0.1) is 6.92 Å². The van der Waals surface area contributed by atoms with E-state index in [0.29, 0.717) is 0 Å². The van der Waals surface area contributed by atoms with Gasteiger partial charge in [0.25, 0.3) is 0 Å². The monoisotopic (exact) mass is 317 g/mol. The van der Waals surface area contributed by atoms with E-state index in [1.165, 1.54) is 16.8 Å². The molecule has 0 unspecified atom stereocenters. The quantitative estimate of drug-likeness (QED) is 0.824. The smallest absolute Gasteiger partial charge is 0.143 e. The second kappa shape index (κ2) is 5.25. The first-order chi connectivity index (χ1) is 9.22. The molecule has 3 heteroatoms. The lowest BCUT2D eigenvalue weighted by Gasteiger charge is -2.31. The molecular formula is C16H16BrNO. The van der Waals surface area contributed by atoms with E-state index in [1.54, 1.807) is 0 Å². The van der Waals surface area contributed by atoms with Gasteiger partial charge in [-0.25, -0.2) is 0 Å². The normalized spacial score (nSPS) is 13.9. The Morgan fingerprint density at radius 1 is 1.21 bits per heavy atom. The number of halogens is 1. The summed E-state index contributed by atoms with van der Waals surface area (Å²) >= 11 is 3.49. The second-order valence-corrected chi connectivity index (χ2v) is 5.79. The molecule has 0 fully saturated rings. The van der Waals surface area contributed by atoms with Crippen molar-refractivity contribution in [3.8, 4) is 5.75 Å². The lowest BCUT2D eigenvalue weighted by Crippen LogP contribution is -2.32. The molecule has 0 amide bonds. The van der Waals surface area contributed by atoms with Crippen LogP contribution in [0.2, 0.25) is 0 Å². The summed E-state index contributed by atoms with van der Waals surface area (Å²) in [6.07, 6.45) is 0. The molecule has 0 radical (unpaired) electrons. The van der Waals surface area contributed by atoms with Gasteiger partial charge in [0.1, 0.15) is 12.4 Å². The highest BCUT2D eigenvalue weighted by Gasteiger charge is 2.18. The Morgan fingerprint density at radius 3 is 2.95 bits per heavy atom. The van der Waals surface area contributed by atoms with Crippen LogP contribution in [-0.4, -0.2) is 13.2 Å². The topological polar surface area (TPSA) is 12.5 Å². The Kier molecular flexibility index (Phi) is 3.47. The fourth-order valence-corrected chi connectivity index (χ4v) is 2.79. The largest absolute Gasteiger partial charge is 0.490 e. The standard InChI is InChI=1S/C16H16BrNO/c1-12-3-2-4-13(9-12)11-18-7-8-19-16-10-14(17)5-6-15(16)18/h2-6,9-10H,7-8,11H2,1H3. The molecule has 2 nitrogen and oxygen atoms in total. The predicted octanol–water partition coefficient (Wildman–Crippen LogP) is 4.16. The van der Waals surface area contributed by atoms with Crippen molar-refractivity contribution >= 4 is 21.6 Å². The van der Waals surface area contributed by atoms with Crippen molar-refractivity contribution in [1.29, 1.82) is 0 Å². The molecule has 0 aliphatic carbocycles. The van der Waals surface area contributed by atoms with Crippen molar-refractivity contribution in [2.24, 2.45) is 0 Å². The van der Waals surface area contributed by atoms with E-state index in [-0.39, 0.29) is 0 Å². The summed E-state index contributed by atoms with van der Waals surface area (Å²) in [5.74, 6) is 0.966. The van der Waals surface area contributed by atoms with Crippen molar-refractivity contribution in [1.82, 2.24) is 0 Å². The summed E-state index contributed by atoms with van der Waals surface area (Å²) in [5, 5.41) is 0. The maximum absolute atomic E-state index is 5.72. The summed E-state index contributed by atoms with van der Waals surface area (Å²) in [5.41, 5.74) is 3.83. The molecule has 0 aromatic heterocycles. The third-order valence-electron chi connectivity index (χ3n) is 3.34. The van der Waals surface area contributed by atoms with Crippen molar-refractivity contribution in [2.75, 3.05) is 18.1 Å². The molecule has 0 spiro atoms. The lowest BCUT2D eigenvalue weighted by molar-refractivity contribution is 0.306. The molecule has 1 heterocycles. The molecule has 2 aromatic rings. The molecule has 1 aliphatic heterocycles. The average molecular weight is 318 g/mol. The Morgan fingerprint density at radius 2 is 2.11 bits per heavy atom. The van der Waals surface area contributed by atoms with Crippen molar-refractivity contribution in [3.05, 3.63) is 58.1 Å². The molecule has 0 saturated heterocycles. The summed E-state index contributed by atoms with van der Waals surface area (Å²) in [4.78, 5) is 2.38. The summed E-state index contributed by atoms with van der Waals surface area (Å²) in [7, 11) is 0. The van der Waals surface area contributed by atoms with Gasteiger partial charge < -0.3 is 9.64 Å². The van der Waals surface area contributed by atoms with Gasteiger partial charge in [0.15, 0.2) is 0 Å². The highest BCUT2D eigenvalue weighted by atomic mass is 79.9. The van der Waals surface area contributed by atoms with E-state index in [9.17, 15) is 0 Å². The van der Waals surface area contributed by atoms with Crippen molar-refractivity contribution in [2.45, 2.75) is 13.5 Å². The minimum absolute atomic E-state index is 0.745. The van der Waals surface area contributed by atoms with Crippen LogP contribution < -0.4 is 9.64 Å². The SMILES string of the molecule is Cc1cccc(CN2CCOc3cc(Br)ccc32)c1. The molecule has 2 aromatic carbocycles. The van der Waals surface area contributed by atoms with E-state index in [1.807, 2.05) is 6.07 Å². The molecule has 98 valence electrons. The number of hydrogen-bond acceptors (Lipinski definition) is 2. The van der Waals surface area contributed by atoms with E-state index in [4.69, 9.17) is 4.74 Å². The fraction of sp³-hybridized carbons (Fsp3) is 0.250. The molecule has 0 bridgehead atoms. The highest BCUT2D eigenvalue weighted by Crippen LogP contribution is 2.34. The molecule has 1 aliphatic rings. The summed E-state index contributed by atoms with van der Waals surface area (Å²) in [6, 6.07) is 14.9. The lowest BCUT2D eigenvalue weighted by atomic mass is 10.1. The first-order valence-corrected chi connectivity index (χ1v) is 7.24. The fourth-order valence-electron chi connectivity index (χ4n) is 2.45. The van der Waals surface area contributed by atoms with Crippen LogP contribution in [0.3, 0.4) is 0 Å². The van der Waals surface area contributed by atoms with Gasteiger partial charge in [-0.15, -0.1) is 0 Å². The van der Waals surface area contributed by atoms with Crippen molar-refractivity contribution in [3.63, 3.8) is 0 Å². The Bertz CT molecular complexity index is 597. The van der Waals surface area contributed by atoms with Crippen LogP contribution >= 0.6 is 15.9 Å². The van der Waals surface area contributed by atoms with E-state index >= 15 is 0 Å².